The quantitative estimate of drug-likeness (QED) is 0.285. The maximum absolute atomic E-state index is 15.0. The number of aromatic nitrogens is 3. The molecule has 1 aliphatic heterocycles. The molecule has 0 saturated carbocycles. The van der Waals surface area contributed by atoms with Gasteiger partial charge in [-0.3, -0.25) is 4.98 Å². The van der Waals surface area contributed by atoms with Crippen molar-refractivity contribution in [2.45, 2.75) is 46.3 Å². The number of carbonyl (C=O) groups excluding carboxylic acids is 1. The van der Waals surface area contributed by atoms with Gasteiger partial charge in [-0.15, -0.1) is 11.3 Å². The summed E-state index contributed by atoms with van der Waals surface area (Å²) in [5.41, 5.74) is 2.57. The fourth-order valence-corrected chi connectivity index (χ4v) is 5.64. The monoisotopic (exact) mass is 524 g/mol. The SMILES string of the molecule is Cc1sc(-c2cccnc2)nc1N1CCc2c(cc(-c3c(F)cccc3Cl)n2C(=O)OC(C)(C)C)C1. The van der Waals surface area contributed by atoms with Gasteiger partial charge in [0.2, 0.25) is 0 Å². The van der Waals surface area contributed by atoms with Crippen molar-refractivity contribution in [3.8, 4) is 21.8 Å². The molecule has 0 unspecified atom stereocenters. The lowest BCUT2D eigenvalue weighted by atomic mass is 10.1. The van der Waals surface area contributed by atoms with Crippen LogP contribution in [0.25, 0.3) is 21.8 Å². The van der Waals surface area contributed by atoms with Crippen LogP contribution in [0, 0.1) is 12.7 Å². The van der Waals surface area contributed by atoms with Crippen LogP contribution in [0.4, 0.5) is 15.0 Å². The molecule has 1 aliphatic rings. The number of anilines is 1. The Balaban J connectivity index is 1.56. The first kappa shape index (κ1) is 24.5. The molecule has 4 heterocycles. The van der Waals surface area contributed by atoms with Crippen LogP contribution in [0.3, 0.4) is 0 Å². The lowest BCUT2D eigenvalue weighted by Crippen LogP contribution is -2.34. The van der Waals surface area contributed by atoms with Gasteiger partial charge in [0.1, 0.15) is 22.2 Å². The van der Waals surface area contributed by atoms with Gasteiger partial charge < -0.3 is 9.64 Å². The Kier molecular flexibility index (Phi) is 6.34. The van der Waals surface area contributed by atoms with E-state index in [-0.39, 0.29) is 10.6 Å². The molecular weight excluding hydrogens is 499 g/mol. The maximum Gasteiger partial charge on any atom is 0.419 e. The Hall–Kier alpha value is -3.23. The van der Waals surface area contributed by atoms with Crippen molar-refractivity contribution in [1.82, 2.24) is 14.5 Å². The molecule has 0 spiro atoms. The minimum atomic E-state index is -0.703. The lowest BCUT2D eigenvalue weighted by molar-refractivity contribution is 0.0535. The Morgan fingerprint density at radius 1 is 1.22 bits per heavy atom. The first-order chi connectivity index (χ1) is 17.1. The number of carbonyl (C=O) groups is 1. The predicted octanol–water partition coefficient (Wildman–Crippen LogP) is 7.12. The zero-order valence-electron chi connectivity index (χ0n) is 20.5. The van der Waals surface area contributed by atoms with Crippen LogP contribution in [0.15, 0.2) is 48.8 Å². The number of halogens is 2. The molecule has 9 heteroatoms. The van der Waals surface area contributed by atoms with Gasteiger partial charge in [-0.2, -0.15) is 0 Å². The van der Waals surface area contributed by atoms with E-state index in [1.165, 1.54) is 10.6 Å². The van der Waals surface area contributed by atoms with E-state index in [0.29, 0.717) is 25.2 Å². The van der Waals surface area contributed by atoms with Crippen LogP contribution in [0.1, 0.15) is 36.9 Å². The smallest absolute Gasteiger partial charge is 0.419 e. The number of nitrogens with zero attached hydrogens (tertiary/aromatic N) is 4. The first-order valence-corrected chi connectivity index (χ1v) is 12.9. The van der Waals surface area contributed by atoms with Gasteiger partial charge in [-0.25, -0.2) is 18.7 Å². The molecule has 0 atom stereocenters. The van der Waals surface area contributed by atoms with Gasteiger partial charge in [0.05, 0.1) is 16.3 Å². The summed E-state index contributed by atoms with van der Waals surface area (Å²) < 4.78 is 22.2. The highest BCUT2D eigenvalue weighted by molar-refractivity contribution is 7.15. The fraction of sp³-hybridized carbons (Fsp3) is 0.296. The molecular formula is C27H26ClFN4O2S. The second-order valence-electron chi connectivity index (χ2n) is 9.73. The van der Waals surface area contributed by atoms with Crippen molar-refractivity contribution in [3.05, 3.63) is 75.8 Å². The summed E-state index contributed by atoms with van der Waals surface area (Å²) in [5.74, 6) is 0.412. The third-order valence-electron chi connectivity index (χ3n) is 5.95. The molecule has 5 rings (SSSR count). The van der Waals surface area contributed by atoms with E-state index in [9.17, 15) is 9.18 Å². The highest BCUT2D eigenvalue weighted by Crippen LogP contribution is 2.39. The molecule has 0 bridgehead atoms. The molecule has 0 aliphatic carbocycles. The number of benzene rings is 1. The number of aryl methyl sites for hydroxylation is 1. The Morgan fingerprint density at radius 2 is 2.03 bits per heavy atom. The summed E-state index contributed by atoms with van der Waals surface area (Å²) in [5, 5.41) is 1.15. The van der Waals surface area contributed by atoms with Crippen LogP contribution in [-0.4, -0.2) is 32.8 Å². The van der Waals surface area contributed by atoms with Crippen molar-refractivity contribution in [1.29, 1.82) is 0 Å². The van der Waals surface area contributed by atoms with Crippen molar-refractivity contribution >= 4 is 34.8 Å². The summed E-state index contributed by atoms with van der Waals surface area (Å²) in [6.45, 7) is 8.66. The first-order valence-electron chi connectivity index (χ1n) is 11.7. The molecule has 6 nitrogen and oxygen atoms in total. The zero-order valence-corrected chi connectivity index (χ0v) is 22.1. The van der Waals surface area contributed by atoms with Crippen LogP contribution in [-0.2, 0) is 17.7 Å². The normalized spacial score (nSPS) is 13.6. The van der Waals surface area contributed by atoms with E-state index in [2.05, 4.69) is 16.8 Å². The van der Waals surface area contributed by atoms with E-state index in [1.807, 2.05) is 45.2 Å². The molecule has 186 valence electrons. The number of hydrogen-bond acceptors (Lipinski definition) is 6. The summed E-state index contributed by atoms with van der Waals surface area (Å²) in [4.78, 5) is 25.7. The minimum absolute atomic E-state index is 0.190. The van der Waals surface area contributed by atoms with E-state index < -0.39 is 17.5 Å². The zero-order chi connectivity index (χ0) is 25.6. The second-order valence-corrected chi connectivity index (χ2v) is 11.3. The van der Waals surface area contributed by atoms with Gasteiger partial charge in [0.25, 0.3) is 0 Å². The van der Waals surface area contributed by atoms with Crippen LogP contribution in [0.5, 0.6) is 0 Å². The van der Waals surface area contributed by atoms with Gasteiger partial charge in [-0.1, -0.05) is 17.7 Å². The average molecular weight is 525 g/mol. The van der Waals surface area contributed by atoms with Crippen LogP contribution >= 0.6 is 22.9 Å². The Labute approximate surface area is 218 Å². The molecule has 4 aromatic rings. The summed E-state index contributed by atoms with van der Waals surface area (Å²) in [7, 11) is 0. The third-order valence-corrected chi connectivity index (χ3v) is 7.27. The third kappa shape index (κ3) is 4.63. The Bertz CT molecular complexity index is 1420. The van der Waals surface area contributed by atoms with Crippen molar-refractivity contribution in [3.63, 3.8) is 0 Å². The fourth-order valence-electron chi connectivity index (χ4n) is 4.45. The van der Waals surface area contributed by atoms with Crippen LogP contribution < -0.4 is 4.90 Å². The van der Waals surface area contributed by atoms with Crippen molar-refractivity contribution in [2.75, 3.05) is 11.4 Å². The highest BCUT2D eigenvalue weighted by Gasteiger charge is 2.31. The van der Waals surface area contributed by atoms with E-state index in [0.717, 1.165) is 32.5 Å². The summed E-state index contributed by atoms with van der Waals surface area (Å²) >= 11 is 8.04. The summed E-state index contributed by atoms with van der Waals surface area (Å²) in [6, 6.07) is 10.3. The molecule has 3 aromatic heterocycles. The Morgan fingerprint density at radius 3 is 2.72 bits per heavy atom. The molecule has 0 amide bonds. The number of hydrogen-bond donors (Lipinski definition) is 0. The van der Waals surface area contributed by atoms with Gasteiger partial charge in [0, 0.05) is 48.0 Å². The molecule has 36 heavy (non-hydrogen) atoms. The summed E-state index contributed by atoms with van der Waals surface area (Å²) in [6.07, 6.45) is 3.57. The lowest BCUT2D eigenvalue weighted by Gasteiger charge is -2.29. The molecule has 1 aromatic carbocycles. The average Bonchev–Trinajstić information content (AvgIpc) is 3.38. The number of thiazole rings is 1. The van der Waals surface area contributed by atoms with E-state index in [1.54, 1.807) is 29.7 Å². The number of fused-ring (bicyclic) bond motifs is 1. The predicted molar refractivity (Wildman–Crippen MR) is 141 cm³/mol. The van der Waals surface area contributed by atoms with E-state index in [4.69, 9.17) is 21.3 Å². The standard InChI is InChI=1S/C27H26ClFN4O2S/c1-16-24(31-25(36-16)17-7-6-11-30-14-17)32-12-10-21-18(15-32)13-22(23-19(28)8-5-9-20(23)29)33(21)26(34)35-27(2,3)4/h5-9,11,13-14H,10,12,15H2,1-4H3. The van der Waals surface area contributed by atoms with Gasteiger partial charge in [-0.05, 0) is 63.6 Å². The molecule has 0 radical (unpaired) electrons. The number of rotatable bonds is 3. The highest BCUT2D eigenvalue weighted by atomic mass is 35.5. The van der Waals surface area contributed by atoms with E-state index >= 15 is 0 Å². The largest absolute Gasteiger partial charge is 0.443 e. The molecule has 0 fully saturated rings. The number of ether oxygens (including phenoxy) is 1. The maximum atomic E-state index is 15.0. The van der Waals surface area contributed by atoms with Crippen molar-refractivity contribution < 1.29 is 13.9 Å². The number of pyridine rings is 1. The molecule has 0 N–H and O–H groups in total. The van der Waals surface area contributed by atoms with Gasteiger partial charge >= 0.3 is 6.09 Å². The second kappa shape index (κ2) is 9.33. The topological polar surface area (TPSA) is 60.2 Å². The molecule has 0 saturated heterocycles. The van der Waals surface area contributed by atoms with Gasteiger partial charge in [0.15, 0.2) is 0 Å². The minimum Gasteiger partial charge on any atom is -0.443 e. The van der Waals surface area contributed by atoms with Crippen LogP contribution in [0.2, 0.25) is 5.02 Å². The van der Waals surface area contributed by atoms with Crippen molar-refractivity contribution in [2.24, 2.45) is 0 Å².